The standard InChI is InChI=1S/C13H36O7Si7.C12H24O4Si4.C11H22OSi.C5H16O2Si2.5CH4/c1-12-24(6,7)15-21-14-22-16-26(10,13-2)19-25(8,9)20-27(11,17-22)18-23(3,4)5;1-9-17(5)13-18(6,10-2)15-20(8,12-4)16-19(7,11-3)14-17;1-7-9-11(3,4)12-13(5,6)10-8-2;1-6-8(2)7-9(3,4)5;;;;;/h12-13,22H,1-2,21H2,3-11H3;9-12H,1-4H2,5-8H3;7-8H,1-2,9-10H2,3-6H3;8H,1-5H3;5*1H4. The minimum atomic E-state index is -2.98. The summed E-state index contributed by atoms with van der Waals surface area (Å²) < 4.78 is 85.6. The van der Waals surface area contributed by atoms with Crippen LogP contribution < -0.4 is 0 Å². The van der Waals surface area contributed by atoms with Crippen LogP contribution in [0.5, 0.6) is 0 Å². The van der Waals surface area contributed by atoms with Gasteiger partial charge in [-0.25, -0.2) is 0 Å². The van der Waals surface area contributed by atoms with E-state index < -0.39 is 122 Å². The largest absolute Gasteiger partial charge is 0.470 e. The van der Waals surface area contributed by atoms with Crippen molar-refractivity contribution < 1.29 is 58.2 Å². The summed E-state index contributed by atoms with van der Waals surface area (Å²) in [4.78, 5) is 0. The second-order valence-electron chi connectivity index (χ2n) is 21.6. The molecule has 0 saturated carbocycles. The fraction of sp³-hybridized carbons (Fsp3) is 0.652. The molecule has 0 aromatic carbocycles. The van der Waals surface area contributed by atoms with Crippen molar-refractivity contribution in [3.8, 4) is 0 Å². The van der Waals surface area contributed by atoms with Crippen molar-refractivity contribution in [2.75, 3.05) is 7.11 Å². The monoisotopic (exact) mass is 1290 g/mol. The summed E-state index contributed by atoms with van der Waals surface area (Å²) in [5.41, 5.74) is 10.6. The molecule has 4 atom stereocenters. The third kappa shape index (κ3) is 38.1. The number of hydrogen-bond acceptors (Lipinski definition) is 14. The van der Waals surface area contributed by atoms with E-state index in [0.29, 0.717) is 0 Å². The highest BCUT2D eigenvalue weighted by atomic mass is 28.5. The Labute approximate surface area is 476 Å². The maximum atomic E-state index is 6.41. The molecule has 2 rings (SSSR count). The minimum Gasteiger partial charge on any atom is -0.438 e. The molecule has 74 heavy (non-hydrogen) atoms. The fourth-order valence-electron chi connectivity index (χ4n) is 6.55. The topological polar surface area (TPSA) is 129 Å². The van der Waals surface area contributed by atoms with E-state index in [4.69, 9.17) is 58.2 Å². The van der Waals surface area contributed by atoms with Gasteiger partial charge in [-0.1, -0.05) is 83.5 Å². The van der Waals surface area contributed by atoms with Crippen LogP contribution in [-0.4, -0.2) is 135 Å². The van der Waals surface area contributed by atoms with Crippen LogP contribution in [0.15, 0.2) is 99.0 Å². The lowest BCUT2D eigenvalue weighted by Crippen LogP contribution is -2.65. The van der Waals surface area contributed by atoms with Crippen LogP contribution >= 0.6 is 0 Å². The molecule has 0 spiro atoms. The molecule has 2 fully saturated rings. The highest BCUT2D eigenvalue weighted by Crippen LogP contribution is 2.33. The molecule has 4 unspecified atom stereocenters. The molecule has 2 heterocycles. The lowest BCUT2D eigenvalue weighted by molar-refractivity contribution is 0.103. The summed E-state index contributed by atoms with van der Waals surface area (Å²) >= 11 is 0. The number of rotatable bonds is 21. The highest BCUT2D eigenvalue weighted by Gasteiger charge is 2.55. The molecule has 14 nitrogen and oxygen atoms in total. The van der Waals surface area contributed by atoms with Crippen LogP contribution in [0.4, 0.5) is 0 Å². The molecular formula is C46H118O14Si14. The first-order chi connectivity index (χ1) is 30.9. The first-order valence-corrected chi connectivity index (χ1v) is 57.9. The SMILES string of the molecule is C.C.C.C.C.C=CCC(C)(C)O[Si](C)(C)CC=C.C=C[Si](C)(C)O[SiH2]O[SiH]1O[Si](C)(C=C)O[Si](C)(C)O[Si](C)(O[Si](C)(C)C)O1.C=C[Si]1(C)O[Si](C)(C=C)O[Si](C)(C=C)O[Si](C)(C=C)O1.CO[SiH](C)O[Si](C)(C)C. The average Bonchev–Trinajstić information content (AvgIpc) is 3.14. The van der Waals surface area contributed by atoms with Crippen LogP contribution in [-0.2, 0) is 58.2 Å². The van der Waals surface area contributed by atoms with Gasteiger partial charge in [0.05, 0.1) is 5.60 Å². The van der Waals surface area contributed by atoms with Gasteiger partial charge in [-0.05, 0) is 144 Å². The first-order valence-electron chi connectivity index (χ1n) is 23.3. The van der Waals surface area contributed by atoms with E-state index >= 15 is 0 Å². The Morgan fingerprint density at radius 3 is 1.24 bits per heavy atom. The third-order valence-electron chi connectivity index (χ3n) is 9.29. The Hall–Kier alpha value is 0.396. The zero-order valence-electron chi connectivity index (χ0n) is 47.3. The predicted octanol–water partition coefficient (Wildman–Crippen LogP) is 14.2. The molecule has 0 aliphatic carbocycles. The van der Waals surface area contributed by atoms with Crippen molar-refractivity contribution in [2.24, 2.45) is 0 Å². The Balaban J connectivity index is -0.000000169. The smallest absolute Gasteiger partial charge is 0.438 e. The van der Waals surface area contributed by atoms with E-state index in [0.717, 1.165) is 12.5 Å². The van der Waals surface area contributed by atoms with Gasteiger partial charge in [0, 0.05) is 13.7 Å². The van der Waals surface area contributed by atoms with Crippen molar-refractivity contribution in [3.63, 3.8) is 0 Å². The molecule has 0 aromatic rings. The molecule has 0 bridgehead atoms. The maximum absolute atomic E-state index is 6.41. The zero-order valence-corrected chi connectivity index (χ0v) is 62.0. The van der Waals surface area contributed by atoms with Crippen LogP contribution in [0.25, 0.3) is 0 Å². The van der Waals surface area contributed by atoms with Gasteiger partial charge in [0.15, 0.2) is 33.3 Å². The maximum Gasteiger partial charge on any atom is 0.470 e. The lowest BCUT2D eigenvalue weighted by atomic mass is 10.1. The first kappa shape index (κ1) is 88.2. The van der Waals surface area contributed by atoms with Gasteiger partial charge >= 0.3 is 79.0 Å². The molecule has 442 valence electrons. The van der Waals surface area contributed by atoms with E-state index in [1.54, 1.807) is 35.6 Å². The van der Waals surface area contributed by atoms with Gasteiger partial charge in [0.2, 0.25) is 0 Å². The molecule has 0 radical (unpaired) electrons. The van der Waals surface area contributed by atoms with Crippen molar-refractivity contribution in [1.82, 2.24) is 0 Å². The molecular weight excluding hydrogens is 1170 g/mol. The molecule has 2 saturated heterocycles. The highest BCUT2D eigenvalue weighted by molar-refractivity contribution is 6.98. The summed E-state index contributed by atoms with van der Waals surface area (Å²) in [6.45, 7) is 74.0. The van der Waals surface area contributed by atoms with Gasteiger partial charge in [0.25, 0.3) is 10.0 Å². The van der Waals surface area contributed by atoms with Crippen LogP contribution in [0.3, 0.4) is 0 Å². The van der Waals surface area contributed by atoms with Crippen LogP contribution in [0.2, 0.25) is 130 Å². The summed E-state index contributed by atoms with van der Waals surface area (Å²) in [6, 6.07) is 1.01. The molecule has 0 amide bonds. The summed E-state index contributed by atoms with van der Waals surface area (Å²) in [5.74, 6) is 0. The van der Waals surface area contributed by atoms with E-state index in [9.17, 15) is 0 Å². The van der Waals surface area contributed by atoms with Gasteiger partial charge in [-0.3, -0.25) is 0 Å². The Morgan fingerprint density at radius 2 is 0.959 bits per heavy atom. The number of hydrogen-bond donors (Lipinski definition) is 0. The quantitative estimate of drug-likeness (QED) is 0.0798. The Bertz CT molecular complexity index is 1570. The van der Waals surface area contributed by atoms with Crippen molar-refractivity contribution in [3.05, 3.63) is 99.0 Å². The number of allylic oxidation sites excluding steroid dienone is 1. The fourth-order valence-corrected chi connectivity index (χ4v) is 54.9. The van der Waals surface area contributed by atoms with Crippen LogP contribution in [0, 0.1) is 0 Å². The summed E-state index contributed by atoms with van der Waals surface area (Å²) in [6.07, 6.45) is 4.77. The molecule has 28 heteroatoms. The Morgan fingerprint density at radius 1 is 0.568 bits per heavy atom. The Kier molecular flexibility index (Phi) is 42.9. The minimum absolute atomic E-state index is 0. The predicted molar refractivity (Wildman–Crippen MR) is 357 cm³/mol. The third-order valence-corrected chi connectivity index (χ3v) is 55.3. The molecule has 2 aliphatic heterocycles. The van der Waals surface area contributed by atoms with Crippen LogP contribution in [0.1, 0.15) is 57.4 Å². The van der Waals surface area contributed by atoms with E-state index in [-0.39, 0.29) is 42.7 Å². The molecule has 0 aromatic heterocycles. The summed E-state index contributed by atoms with van der Waals surface area (Å²) in [7, 11) is -28.6. The van der Waals surface area contributed by atoms with Gasteiger partial charge in [-0.15, -0.1) is 52.6 Å². The van der Waals surface area contributed by atoms with Crippen molar-refractivity contribution in [2.45, 2.75) is 193 Å². The van der Waals surface area contributed by atoms with Gasteiger partial charge in [-0.2, -0.15) is 0 Å². The summed E-state index contributed by atoms with van der Waals surface area (Å²) in [5, 5.41) is 0. The lowest BCUT2D eigenvalue weighted by Gasteiger charge is -2.46. The normalized spacial score (nSPS) is 28.5. The molecule has 0 N–H and O–H groups in total. The van der Waals surface area contributed by atoms with E-state index in [1.165, 1.54) is 0 Å². The second kappa shape index (κ2) is 36.0. The average molecular weight is 1290 g/mol. The van der Waals surface area contributed by atoms with Gasteiger partial charge < -0.3 is 58.2 Å². The zero-order chi connectivity index (χ0) is 54.8. The van der Waals surface area contributed by atoms with Crippen molar-refractivity contribution >= 4 is 122 Å². The van der Waals surface area contributed by atoms with Gasteiger partial charge in [0.1, 0.15) is 0 Å². The second-order valence-corrected chi connectivity index (χ2v) is 68.0. The molecule has 2 aliphatic rings. The van der Waals surface area contributed by atoms with E-state index in [2.05, 4.69) is 138 Å². The van der Waals surface area contributed by atoms with Crippen molar-refractivity contribution in [1.29, 1.82) is 0 Å². The van der Waals surface area contributed by atoms with E-state index in [1.807, 2.05) is 70.2 Å².